The minimum Gasteiger partial charge on any atom is -0.465 e. The van der Waals surface area contributed by atoms with Crippen LogP contribution in [-0.4, -0.2) is 35.8 Å². The zero-order valence-electron chi connectivity index (χ0n) is 9.86. The number of hydrogen-bond acceptors (Lipinski definition) is 5. The van der Waals surface area contributed by atoms with Gasteiger partial charge in [0, 0.05) is 29.4 Å². The summed E-state index contributed by atoms with van der Waals surface area (Å²) < 4.78 is 15.5. The molecule has 1 aromatic rings. The number of nitrogens with one attached hydrogen (secondary N) is 1. The molecule has 0 bridgehead atoms. The number of carbonyl (C=O) groups excluding carboxylic acids is 1. The molecule has 3 N–H and O–H groups in total. The molecule has 1 rings (SSSR count). The van der Waals surface area contributed by atoms with Gasteiger partial charge in [-0.1, -0.05) is 0 Å². The quantitative estimate of drug-likeness (QED) is 0.603. The maximum Gasteiger partial charge on any atom is 0.337 e. The summed E-state index contributed by atoms with van der Waals surface area (Å²) in [4.78, 5) is 11.2. The Kier molecular flexibility index (Phi) is 4.96. The Morgan fingerprint density at radius 3 is 2.76 bits per heavy atom. The monoisotopic (exact) mass is 256 g/mol. The Bertz CT molecular complexity index is 435. The van der Waals surface area contributed by atoms with E-state index in [1.165, 1.54) is 7.11 Å². The van der Waals surface area contributed by atoms with E-state index in [0.29, 0.717) is 23.5 Å². The summed E-state index contributed by atoms with van der Waals surface area (Å²) in [6.07, 6.45) is 1.64. The van der Waals surface area contributed by atoms with Crippen LogP contribution in [0.1, 0.15) is 10.4 Å². The van der Waals surface area contributed by atoms with Gasteiger partial charge in [-0.2, -0.15) is 0 Å². The van der Waals surface area contributed by atoms with Crippen molar-refractivity contribution in [3.63, 3.8) is 0 Å². The van der Waals surface area contributed by atoms with E-state index in [2.05, 4.69) is 10.1 Å². The molecular weight excluding hydrogens is 240 g/mol. The first-order valence-electron chi connectivity index (χ1n) is 5.06. The van der Waals surface area contributed by atoms with Gasteiger partial charge in [-0.05, 0) is 18.2 Å². The number of esters is 1. The van der Waals surface area contributed by atoms with Crippen LogP contribution in [0, 0.1) is 0 Å². The molecule has 0 heterocycles. The highest BCUT2D eigenvalue weighted by molar-refractivity contribution is 7.84. The average Bonchev–Trinajstić information content (AvgIpc) is 2.29. The molecule has 1 aromatic carbocycles. The lowest BCUT2D eigenvalue weighted by Crippen LogP contribution is -2.11. The third-order valence-corrected chi connectivity index (χ3v) is 2.96. The molecule has 1 atom stereocenters. The van der Waals surface area contributed by atoms with Gasteiger partial charge in [0.15, 0.2) is 0 Å². The van der Waals surface area contributed by atoms with Crippen LogP contribution in [0.25, 0.3) is 0 Å². The first kappa shape index (κ1) is 13.5. The lowest BCUT2D eigenvalue weighted by molar-refractivity contribution is 0.0601. The predicted octanol–water partition coefficient (Wildman–Crippen LogP) is 0.846. The van der Waals surface area contributed by atoms with Gasteiger partial charge in [0.05, 0.1) is 24.0 Å². The van der Waals surface area contributed by atoms with Crippen molar-refractivity contribution >= 4 is 28.1 Å². The zero-order valence-corrected chi connectivity index (χ0v) is 10.7. The molecule has 0 aromatic heterocycles. The van der Waals surface area contributed by atoms with Gasteiger partial charge in [-0.3, -0.25) is 4.21 Å². The maximum absolute atomic E-state index is 11.2. The number of nitrogens with two attached hydrogens (primary N) is 1. The van der Waals surface area contributed by atoms with Gasteiger partial charge in [0.1, 0.15) is 0 Å². The standard InChI is InChI=1S/C11H16N2O3S/c1-16-11(14)8-3-4-10(9(12)7-8)13-5-6-17(2)15/h3-4,7,13H,5-6,12H2,1-2H3. The normalized spacial score (nSPS) is 11.9. The van der Waals surface area contributed by atoms with Gasteiger partial charge < -0.3 is 15.8 Å². The molecule has 5 nitrogen and oxygen atoms in total. The van der Waals surface area contributed by atoms with Crippen LogP contribution < -0.4 is 11.1 Å². The zero-order chi connectivity index (χ0) is 12.8. The number of anilines is 2. The summed E-state index contributed by atoms with van der Waals surface area (Å²) in [7, 11) is 0.484. The summed E-state index contributed by atoms with van der Waals surface area (Å²) >= 11 is 0. The van der Waals surface area contributed by atoms with Crippen LogP contribution in [-0.2, 0) is 15.5 Å². The van der Waals surface area contributed by atoms with Crippen LogP contribution in [0.2, 0.25) is 0 Å². The topological polar surface area (TPSA) is 81.4 Å². The summed E-state index contributed by atoms with van der Waals surface area (Å²) in [5.41, 5.74) is 7.39. The highest BCUT2D eigenvalue weighted by Crippen LogP contribution is 2.20. The molecule has 0 aliphatic rings. The fourth-order valence-electron chi connectivity index (χ4n) is 1.30. The minimum atomic E-state index is -0.836. The largest absolute Gasteiger partial charge is 0.465 e. The molecule has 0 aliphatic carbocycles. The molecule has 0 amide bonds. The second-order valence-corrected chi connectivity index (χ2v) is 5.05. The number of benzene rings is 1. The molecule has 0 aliphatic heterocycles. The Labute approximate surface area is 103 Å². The van der Waals surface area contributed by atoms with E-state index < -0.39 is 16.8 Å². The highest BCUT2D eigenvalue weighted by atomic mass is 32.2. The summed E-state index contributed by atoms with van der Waals surface area (Å²) in [5.74, 6) is 0.135. The molecular formula is C11H16N2O3S. The van der Waals surface area contributed by atoms with Crippen LogP contribution >= 0.6 is 0 Å². The van der Waals surface area contributed by atoms with Crippen molar-refractivity contribution in [3.8, 4) is 0 Å². The lowest BCUT2D eigenvalue weighted by Gasteiger charge is -2.09. The van der Waals surface area contributed by atoms with E-state index in [1.54, 1.807) is 24.5 Å². The predicted molar refractivity (Wildman–Crippen MR) is 69.6 cm³/mol. The lowest BCUT2D eigenvalue weighted by atomic mass is 10.2. The van der Waals surface area contributed by atoms with Gasteiger partial charge in [-0.15, -0.1) is 0 Å². The Morgan fingerprint density at radius 1 is 1.53 bits per heavy atom. The van der Waals surface area contributed by atoms with Gasteiger partial charge in [0.2, 0.25) is 0 Å². The molecule has 6 heteroatoms. The van der Waals surface area contributed by atoms with Crippen molar-refractivity contribution in [3.05, 3.63) is 23.8 Å². The Hall–Kier alpha value is -1.56. The van der Waals surface area contributed by atoms with Crippen molar-refractivity contribution in [2.24, 2.45) is 0 Å². The van der Waals surface area contributed by atoms with Crippen LogP contribution in [0.15, 0.2) is 18.2 Å². The van der Waals surface area contributed by atoms with E-state index in [9.17, 15) is 9.00 Å². The van der Waals surface area contributed by atoms with E-state index in [-0.39, 0.29) is 0 Å². The fraction of sp³-hybridized carbons (Fsp3) is 0.364. The second kappa shape index (κ2) is 6.24. The van der Waals surface area contributed by atoms with E-state index in [0.717, 1.165) is 5.69 Å². The Balaban J connectivity index is 2.69. The SMILES string of the molecule is COC(=O)c1ccc(NCCS(C)=O)c(N)c1. The molecule has 0 saturated heterocycles. The minimum absolute atomic E-state index is 0.412. The number of nitrogen functional groups attached to an aromatic ring is 1. The highest BCUT2D eigenvalue weighted by Gasteiger charge is 2.07. The molecule has 17 heavy (non-hydrogen) atoms. The second-order valence-electron chi connectivity index (χ2n) is 3.50. The number of methoxy groups -OCH3 is 1. The first-order chi connectivity index (χ1) is 8.04. The fourth-order valence-corrected chi connectivity index (χ4v) is 1.69. The number of rotatable bonds is 5. The van der Waals surface area contributed by atoms with Crippen LogP contribution in [0.5, 0.6) is 0 Å². The third-order valence-electron chi connectivity index (χ3n) is 2.18. The van der Waals surface area contributed by atoms with E-state index in [1.807, 2.05) is 0 Å². The maximum atomic E-state index is 11.2. The summed E-state index contributed by atoms with van der Waals surface area (Å²) in [6.45, 7) is 0.574. The molecule has 0 saturated carbocycles. The van der Waals surface area contributed by atoms with Gasteiger partial charge >= 0.3 is 5.97 Å². The molecule has 0 spiro atoms. The smallest absolute Gasteiger partial charge is 0.337 e. The van der Waals surface area contributed by atoms with E-state index in [4.69, 9.17) is 5.73 Å². The number of ether oxygens (including phenoxy) is 1. The van der Waals surface area contributed by atoms with E-state index >= 15 is 0 Å². The summed E-state index contributed by atoms with van der Waals surface area (Å²) in [6, 6.07) is 4.89. The van der Waals surface area contributed by atoms with Crippen molar-refractivity contribution in [1.29, 1.82) is 0 Å². The molecule has 0 fully saturated rings. The molecule has 94 valence electrons. The average molecular weight is 256 g/mol. The van der Waals surface area contributed by atoms with Crippen molar-refractivity contribution in [2.75, 3.05) is 36.7 Å². The van der Waals surface area contributed by atoms with Gasteiger partial charge in [-0.25, -0.2) is 4.79 Å². The van der Waals surface area contributed by atoms with Gasteiger partial charge in [0.25, 0.3) is 0 Å². The number of carbonyl (C=O) groups is 1. The summed E-state index contributed by atoms with van der Waals surface area (Å²) in [5, 5.41) is 3.06. The van der Waals surface area contributed by atoms with Crippen molar-refractivity contribution in [1.82, 2.24) is 0 Å². The molecule has 0 radical (unpaired) electrons. The van der Waals surface area contributed by atoms with Crippen molar-refractivity contribution in [2.45, 2.75) is 0 Å². The Morgan fingerprint density at radius 2 is 2.24 bits per heavy atom. The third kappa shape index (κ3) is 4.07. The van der Waals surface area contributed by atoms with Crippen LogP contribution in [0.4, 0.5) is 11.4 Å². The number of hydrogen-bond donors (Lipinski definition) is 2. The molecule has 1 unspecified atom stereocenters. The first-order valence-corrected chi connectivity index (χ1v) is 6.79. The van der Waals surface area contributed by atoms with Crippen molar-refractivity contribution < 1.29 is 13.7 Å². The van der Waals surface area contributed by atoms with Crippen LogP contribution in [0.3, 0.4) is 0 Å².